The molecule has 2 aromatic rings. The fraction of sp³-hybridized carbons (Fsp3) is 0.417. The second kappa shape index (κ2) is 5.51. The molecule has 0 fully saturated rings. The molecule has 0 spiro atoms. The van der Waals surface area contributed by atoms with Gasteiger partial charge in [-0.05, 0) is 41.0 Å². The second-order valence-electron chi connectivity index (χ2n) is 3.93. The SMILES string of the molecule is CCCNC(c1ccn(C)n1)c1occc1Br. The van der Waals surface area contributed by atoms with Gasteiger partial charge in [0.05, 0.1) is 16.4 Å². The van der Waals surface area contributed by atoms with Crippen LogP contribution < -0.4 is 5.32 Å². The second-order valence-corrected chi connectivity index (χ2v) is 4.79. The number of hydrogen-bond acceptors (Lipinski definition) is 3. The number of aryl methyl sites for hydroxylation is 1. The smallest absolute Gasteiger partial charge is 0.141 e. The summed E-state index contributed by atoms with van der Waals surface area (Å²) in [5.41, 5.74) is 0.969. The third-order valence-electron chi connectivity index (χ3n) is 2.54. The molecule has 0 bridgehead atoms. The summed E-state index contributed by atoms with van der Waals surface area (Å²) in [6.45, 7) is 3.06. The molecule has 0 aliphatic rings. The molecule has 1 unspecified atom stereocenters. The van der Waals surface area contributed by atoms with Gasteiger partial charge in [0.25, 0.3) is 0 Å². The van der Waals surface area contributed by atoms with Gasteiger partial charge in [-0.1, -0.05) is 6.92 Å². The van der Waals surface area contributed by atoms with Gasteiger partial charge in [-0.3, -0.25) is 4.68 Å². The van der Waals surface area contributed by atoms with Gasteiger partial charge in [-0.2, -0.15) is 5.10 Å². The van der Waals surface area contributed by atoms with Gasteiger partial charge in [-0.25, -0.2) is 0 Å². The fourth-order valence-corrected chi connectivity index (χ4v) is 2.15. The highest BCUT2D eigenvalue weighted by atomic mass is 79.9. The third-order valence-corrected chi connectivity index (χ3v) is 3.19. The van der Waals surface area contributed by atoms with E-state index < -0.39 is 0 Å². The lowest BCUT2D eigenvalue weighted by atomic mass is 10.1. The Morgan fingerprint density at radius 2 is 2.35 bits per heavy atom. The molecular formula is C12H16BrN3O. The van der Waals surface area contributed by atoms with Crippen molar-refractivity contribution < 1.29 is 4.42 Å². The topological polar surface area (TPSA) is 43.0 Å². The molecule has 0 amide bonds. The van der Waals surface area contributed by atoms with Crippen molar-refractivity contribution in [2.45, 2.75) is 19.4 Å². The average molecular weight is 298 g/mol. The van der Waals surface area contributed by atoms with Gasteiger partial charge in [0, 0.05) is 13.2 Å². The summed E-state index contributed by atoms with van der Waals surface area (Å²) in [5.74, 6) is 0.872. The Balaban J connectivity index is 2.28. The molecule has 0 aliphatic carbocycles. The van der Waals surface area contributed by atoms with E-state index in [9.17, 15) is 0 Å². The zero-order valence-corrected chi connectivity index (χ0v) is 11.6. The van der Waals surface area contributed by atoms with Crippen LogP contribution in [0, 0.1) is 0 Å². The number of aromatic nitrogens is 2. The Hall–Kier alpha value is -1.07. The number of halogens is 1. The Kier molecular flexibility index (Phi) is 4.02. The van der Waals surface area contributed by atoms with Crippen LogP contribution in [0.1, 0.15) is 30.8 Å². The molecule has 2 rings (SSSR count). The van der Waals surface area contributed by atoms with Gasteiger partial charge in [0.1, 0.15) is 11.8 Å². The van der Waals surface area contributed by atoms with E-state index in [4.69, 9.17) is 4.42 Å². The lowest BCUT2D eigenvalue weighted by Gasteiger charge is -2.14. The molecule has 1 N–H and O–H groups in total. The van der Waals surface area contributed by atoms with Crippen molar-refractivity contribution in [2.24, 2.45) is 7.05 Å². The molecule has 5 heteroatoms. The number of nitrogens with zero attached hydrogens (tertiary/aromatic N) is 2. The molecule has 0 saturated carbocycles. The van der Waals surface area contributed by atoms with E-state index in [1.807, 2.05) is 25.4 Å². The van der Waals surface area contributed by atoms with Crippen molar-refractivity contribution in [3.8, 4) is 0 Å². The van der Waals surface area contributed by atoms with Crippen molar-refractivity contribution in [1.82, 2.24) is 15.1 Å². The standard InChI is InChI=1S/C12H16BrN3O/c1-3-6-14-11(10-4-7-16(2)15-10)12-9(13)5-8-17-12/h4-5,7-8,11,14H,3,6H2,1-2H3. The zero-order valence-electron chi connectivity index (χ0n) is 9.98. The van der Waals surface area contributed by atoms with Crippen LogP contribution in [0.4, 0.5) is 0 Å². The van der Waals surface area contributed by atoms with E-state index in [1.54, 1.807) is 10.9 Å². The minimum Gasteiger partial charge on any atom is -0.466 e. The number of nitrogens with one attached hydrogen (secondary N) is 1. The minimum atomic E-state index is 0.000486. The summed E-state index contributed by atoms with van der Waals surface area (Å²) in [6, 6.07) is 3.90. The molecule has 0 aliphatic heterocycles. The fourth-order valence-electron chi connectivity index (χ4n) is 1.72. The predicted molar refractivity (Wildman–Crippen MR) is 69.8 cm³/mol. The van der Waals surface area contributed by atoms with Gasteiger partial charge in [0.2, 0.25) is 0 Å². The van der Waals surface area contributed by atoms with E-state index in [1.165, 1.54) is 0 Å². The first-order valence-corrected chi connectivity index (χ1v) is 6.47. The highest BCUT2D eigenvalue weighted by Crippen LogP contribution is 2.28. The first kappa shape index (κ1) is 12.4. The van der Waals surface area contributed by atoms with Crippen LogP contribution >= 0.6 is 15.9 Å². The van der Waals surface area contributed by atoms with Crippen LogP contribution in [-0.4, -0.2) is 16.3 Å². The molecule has 17 heavy (non-hydrogen) atoms. The molecule has 0 aromatic carbocycles. The highest BCUT2D eigenvalue weighted by molar-refractivity contribution is 9.10. The highest BCUT2D eigenvalue weighted by Gasteiger charge is 2.21. The van der Waals surface area contributed by atoms with Gasteiger partial charge >= 0.3 is 0 Å². The maximum Gasteiger partial charge on any atom is 0.141 e. The van der Waals surface area contributed by atoms with Crippen LogP contribution in [0.15, 0.2) is 33.5 Å². The van der Waals surface area contributed by atoms with Crippen molar-refractivity contribution in [3.05, 3.63) is 40.5 Å². The maximum absolute atomic E-state index is 5.53. The van der Waals surface area contributed by atoms with Gasteiger partial charge in [-0.15, -0.1) is 0 Å². The lowest BCUT2D eigenvalue weighted by molar-refractivity contribution is 0.437. The molecule has 1 atom stereocenters. The number of furan rings is 1. The summed E-state index contributed by atoms with van der Waals surface area (Å²) in [7, 11) is 1.91. The van der Waals surface area contributed by atoms with Crippen molar-refractivity contribution in [2.75, 3.05) is 6.54 Å². The minimum absolute atomic E-state index is 0.000486. The van der Waals surface area contributed by atoms with Crippen LogP contribution in [0.25, 0.3) is 0 Å². The van der Waals surface area contributed by atoms with Crippen LogP contribution in [0.2, 0.25) is 0 Å². The maximum atomic E-state index is 5.53. The summed E-state index contributed by atoms with van der Waals surface area (Å²) < 4.78 is 8.30. The van der Waals surface area contributed by atoms with E-state index in [2.05, 4.69) is 33.3 Å². The van der Waals surface area contributed by atoms with Crippen molar-refractivity contribution >= 4 is 15.9 Å². The van der Waals surface area contributed by atoms with E-state index in [0.717, 1.165) is 28.9 Å². The number of rotatable bonds is 5. The van der Waals surface area contributed by atoms with Crippen LogP contribution in [-0.2, 0) is 7.05 Å². The average Bonchev–Trinajstić information content (AvgIpc) is 2.90. The quantitative estimate of drug-likeness (QED) is 0.923. The summed E-state index contributed by atoms with van der Waals surface area (Å²) in [5, 5.41) is 7.88. The largest absolute Gasteiger partial charge is 0.466 e. The van der Waals surface area contributed by atoms with E-state index >= 15 is 0 Å². The monoisotopic (exact) mass is 297 g/mol. The molecule has 2 aromatic heterocycles. The third kappa shape index (κ3) is 2.79. The first-order valence-electron chi connectivity index (χ1n) is 5.68. The summed E-state index contributed by atoms with van der Waals surface area (Å²) >= 11 is 3.49. The van der Waals surface area contributed by atoms with Crippen LogP contribution in [0.5, 0.6) is 0 Å². The van der Waals surface area contributed by atoms with Crippen molar-refractivity contribution in [3.63, 3.8) is 0 Å². The zero-order chi connectivity index (χ0) is 12.3. The van der Waals surface area contributed by atoms with Crippen molar-refractivity contribution in [1.29, 1.82) is 0 Å². The van der Waals surface area contributed by atoms with Gasteiger partial charge < -0.3 is 9.73 Å². The first-order chi connectivity index (χ1) is 8.22. The summed E-state index contributed by atoms with van der Waals surface area (Å²) in [4.78, 5) is 0. The van der Waals surface area contributed by atoms with E-state index in [0.29, 0.717) is 0 Å². The molecular weight excluding hydrogens is 282 g/mol. The Morgan fingerprint density at radius 3 is 2.88 bits per heavy atom. The normalized spacial score (nSPS) is 12.9. The molecule has 0 radical (unpaired) electrons. The summed E-state index contributed by atoms with van der Waals surface area (Å²) in [6.07, 6.45) is 4.69. The Labute approximate surface area is 109 Å². The van der Waals surface area contributed by atoms with Crippen LogP contribution in [0.3, 0.4) is 0 Å². The lowest BCUT2D eigenvalue weighted by Crippen LogP contribution is -2.23. The number of hydrogen-bond donors (Lipinski definition) is 1. The Bertz CT molecular complexity index is 478. The molecule has 2 heterocycles. The molecule has 4 nitrogen and oxygen atoms in total. The predicted octanol–water partition coefficient (Wildman–Crippen LogP) is 2.86. The molecule has 92 valence electrons. The van der Waals surface area contributed by atoms with E-state index in [-0.39, 0.29) is 6.04 Å². The molecule has 0 saturated heterocycles. The Morgan fingerprint density at radius 1 is 1.53 bits per heavy atom. The van der Waals surface area contributed by atoms with Gasteiger partial charge in [0.15, 0.2) is 0 Å².